The molecule has 1 fully saturated rings. The van der Waals surface area contributed by atoms with Crippen LogP contribution in [0.15, 0.2) is 34.7 Å². The number of carbonyl (C=O) groups is 2. The summed E-state index contributed by atoms with van der Waals surface area (Å²) < 4.78 is 5.86. The SMILES string of the molecule is CNC(=O)c1cc(C(=O)NC2CCCCC2)c(C(C)c2cccc(C)c2)o1. The molecule has 0 bridgehead atoms. The molecule has 27 heavy (non-hydrogen) atoms. The maximum Gasteiger partial charge on any atom is 0.286 e. The molecule has 1 heterocycles. The van der Waals surface area contributed by atoms with Gasteiger partial charge >= 0.3 is 0 Å². The van der Waals surface area contributed by atoms with E-state index in [4.69, 9.17) is 4.42 Å². The van der Waals surface area contributed by atoms with Crippen molar-refractivity contribution in [3.8, 4) is 0 Å². The Morgan fingerprint density at radius 2 is 1.85 bits per heavy atom. The third kappa shape index (κ3) is 4.41. The van der Waals surface area contributed by atoms with Crippen molar-refractivity contribution in [2.45, 2.75) is 57.9 Å². The first kappa shape index (κ1) is 19.2. The second-order valence-electron chi connectivity index (χ2n) is 7.41. The second-order valence-corrected chi connectivity index (χ2v) is 7.41. The van der Waals surface area contributed by atoms with E-state index < -0.39 is 0 Å². The molecule has 3 rings (SSSR count). The second kappa shape index (κ2) is 8.42. The molecule has 5 heteroatoms. The highest BCUT2D eigenvalue weighted by atomic mass is 16.4. The summed E-state index contributed by atoms with van der Waals surface area (Å²) in [4.78, 5) is 25.0. The Morgan fingerprint density at radius 3 is 2.52 bits per heavy atom. The molecule has 1 unspecified atom stereocenters. The molecule has 144 valence electrons. The summed E-state index contributed by atoms with van der Waals surface area (Å²) in [6.07, 6.45) is 5.54. The normalized spacial score (nSPS) is 16.0. The van der Waals surface area contributed by atoms with Gasteiger partial charge < -0.3 is 15.1 Å². The average molecular weight is 368 g/mol. The van der Waals surface area contributed by atoms with Crippen molar-refractivity contribution >= 4 is 11.8 Å². The fraction of sp³-hybridized carbons (Fsp3) is 0.455. The van der Waals surface area contributed by atoms with Gasteiger partial charge in [0.15, 0.2) is 5.76 Å². The molecule has 2 N–H and O–H groups in total. The molecule has 1 atom stereocenters. The van der Waals surface area contributed by atoms with E-state index in [2.05, 4.69) is 16.7 Å². The quantitative estimate of drug-likeness (QED) is 0.832. The molecule has 1 aliphatic rings. The molecule has 0 aliphatic heterocycles. The summed E-state index contributed by atoms with van der Waals surface area (Å²) in [7, 11) is 1.55. The summed E-state index contributed by atoms with van der Waals surface area (Å²) in [5, 5.41) is 5.70. The zero-order valence-electron chi connectivity index (χ0n) is 16.3. The Bertz CT molecular complexity index is 819. The first-order valence-electron chi connectivity index (χ1n) is 9.73. The molecule has 2 aromatic rings. The lowest BCUT2D eigenvalue weighted by Crippen LogP contribution is -2.36. The number of nitrogens with one attached hydrogen (secondary N) is 2. The van der Waals surface area contributed by atoms with Crippen molar-refractivity contribution in [1.29, 1.82) is 0 Å². The van der Waals surface area contributed by atoms with Crippen LogP contribution in [0, 0.1) is 6.92 Å². The smallest absolute Gasteiger partial charge is 0.286 e. The molecule has 1 saturated carbocycles. The fourth-order valence-corrected chi connectivity index (χ4v) is 3.74. The van der Waals surface area contributed by atoms with Crippen LogP contribution in [0.5, 0.6) is 0 Å². The highest BCUT2D eigenvalue weighted by Crippen LogP contribution is 2.30. The molecule has 1 aromatic heterocycles. The number of furan rings is 1. The van der Waals surface area contributed by atoms with Crippen LogP contribution >= 0.6 is 0 Å². The molecule has 1 aromatic carbocycles. The van der Waals surface area contributed by atoms with Gasteiger partial charge in [-0.2, -0.15) is 0 Å². The van der Waals surface area contributed by atoms with Crippen molar-refractivity contribution in [1.82, 2.24) is 10.6 Å². The Morgan fingerprint density at radius 1 is 1.11 bits per heavy atom. The van der Waals surface area contributed by atoms with E-state index in [1.807, 2.05) is 32.0 Å². The van der Waals surface area contributed by atoms with Crippen LogP contribution in [0.4, 0.5) is 0 Å². The van der Waals surface area contributed by atoms with E-state index in [1.165, 1.54) is 6.42 Å². The number of rotatable bonds is 5. The maximum atomic E-state index is 13.0. The van der Waals surface area contributed by atoms with Crippen LogP contribution in [0.25, 0.3) is 0 Å². The summed E-state index contributed by atoms with van der Waals surface area (Å²) in [5.41, 5.74) is 2.65. The Labute approximate surface area is 160 Å². The Kier molecular flexibility index (Phi) is 5.99. The number of hydrogen-bond donors (Lipinski definition) is 2. The number of amides is 2. The average Bonchev–Trinajstić information content (AvgIpc) is 3.13. The lowest BCUT2D eigenvalue weighted by molar-refractivity contribution is 0.0918. The van der Waals surface area contributed by atoms with Crippen molar-refractivity contribution < 1.29 is 14.0 Å². The Balaban J connectivity index is 1.92. The van der Waals surface area contributed by atoms with Gasteiger partial charge in [0.1, 0.15) is 5.76 Å². The van der Waals surface area contributed by atoms with E-state index >= 15 is 0 Å². The monoisotopic (exact) mass is 368 g/mol. The summed E-state index contributed by atoms with van der Waals surface area (Å²) in [6.45, 7) is 4.03. The zero-order valence-corrected chi connectivity index (χ0v) is 16.3. The van der Waals surface area contributed by atoms with Crippen LogP contribution < -0.4 is 10.6 Å². The van der Waals surface area contributed by atoms with Crippen LogP contribution in [0.1, 0.15) is 82.7 Å². The number of carbonyl (C=O) groups excluding carboxylic acids is 2. The molecule has 0 spiro atoms. The summed E-state index contributed by atoms with van der Waals surface area (Å²) >= 11 is 0. The van der Waals surface area contributed by atoms with Gasteiger partial charge in [0.05, 0.1) is 5.56 Å². The lowest BCUT2D eigenvalue weighted by atomic mass is 9.93. The fourth-order valence-electron chi connectivity index (χ4n) is 3.74. The van der Waals surface area contributed by atoms with Crippen molar-refractivity contribution in [3.63, 3.8) is 0 Å². The lowest BCUT2D eigenvalue weighted by Gasteiger charge is -2.23. The number of hydrogen-bond acceptors (Lipinski definition) is 3. The summed E-state index contributed by atoms with van der Waals surface area (Å²) in [5.74, 6) is 0.0865. The highest BCUT2D eigenvalue weighted by molar-refractivity contribution is 5.99. The largest absolute Gasteiger partial charge is 0.454 e. The van der Waals surface area contributed by atoms with E-state index in [-0.39, 0.29) is 29.5 Å². The van der Waals surface area contributed by atoms with Gasteiger partial charge in [-0.05, 0) is 25.3 Å². The molecule has 0 radical (unpaired) electrons. The first-order valence-corrected chi connectivity index (χ1v) is 9.73. The summed E-state index contributed by atoms with van der Waals surface area (Å²) in [6, 6.07) is 9.89. The highest BCUT2D eigenvalue weighted by Gasteiger charge is 2.27. The van der Waals surface area contributed by atoms with Gasteiger partial charge in [0.2, 0.25) is 0 Å². The predicted octanol–water partition coefficient (Wildman–Crippen LogP) is 4.16. The molecule has 2 amide bonds. The van der Waals surface area contributed by atoms with E-state index in [1.54, 1.807) is 13.1 Å². The third-order valence-corrected chi connectivity index (χ3v) is 5.33. The van der Waals surface area contributed by atoms with Crippen molar-refractivity contribution in [2.75, 3.05) is 7.05 Å². The minimum Gasteiger partial charge on any atom is -0.454 e. The number of benzene rings is 1. The van der Waals surface area contributed by atoms with Gasteiger partial charge in [-0.25, -0.2) is 0 Å². The molecular weight excluding hydrogens is 340 g/mol. The zero-order chi connectivity index (χ0) is 19.4. The van der Waals surface area contributed by atoms with Crippen LogP contribution in [0.3, 0.4) is 0 Å². The molecule has 1 aliphatic carbocycles. The predicted molar refractivity (Wildman–Crippen MR) is 105 cm³/mol. The van der Waals surface area contributed by atoms with Crippen LogP contribution in [-0.2, 0) is 0 Å². The third-order valence-electron chi connectivity index (χ3n) is 5.33. The van der Waals surface area contributed by atoms with Crippen LogP contribution in [-0.4, -0.2) is 24.9 Å². The van der Waals surface area contributed by atoms with E-state index in [0.717, 1.165) is 36.8 Å². The minimum absolute atomic E-state index is 0.129. The molecule has 5 nitrogen and oxygen atoms in total. The van der Waals surface area contributed by atoms with Gasteiger partial charge in [-0.3, -0.25) is 9.59 Å². The van der Waals surface area contributed by atoms with Gasteiger partial charge in [0.25, 0.3) is 11.8 Å². The van der Waals surface area contributed by atoms with E-state index in [9.17, 15) is 9.59 Å². The minimum atomic E-state index is -0.329. The van der Waals surface area contributed by atoms with Gasteiger partial charge in [-0.1, -0.05) is 56.0 Å². The molecule has 0 saturated heterocycles. The first-order chi connectivity index (χ1) is 13.0. The van der Waals surface area contributed by atoms with Crippen LogP contribution in [0.2, 0.25) is 0 Å². The standard InChI is InChI=1S/C22H28N2O3/c1-14-8-7-9-16(12-14)15(2)20-18(13-19(27-20)22(26)23-3)21(25)24-17-10-5-4-6-11-17/h7-9,12-13,15,17H,4-6,10-11H2,1-3H3,(H,23,26)(H,24,25). The van der Waals surface area contributed by atoms with Crippen molar-refractivity contribution in [2.24, 2.45) is 0 Å². The van der Waals surface area contributed by atoms with Gasteiger partial charge in [0, 0.05) is 25.1 Å². The number of aryl methyl sites for hydroxylation is 1. The molecular formula is C22H28N2O3. The Hall–Kier alpha value is -2.56. The topological polar surface area (TPSA) is 71.3 Å². The maximum absolute atomic E-state index is 13.0. The van der Waals surface area contributed by atoms with E-state index in [0.29, 0.717) is 11.3 Å². The van der Waals surface area contributed by atoms with Gasteiger partial charge in [-0.15, -0.1) is 0 Å². The van der Waals surface area contributed by atoms with Crippen molar-refractivity contribution in [3.05, 3.63) is 58.5 Å².